The number of aromatic nitrogens is 1. The zero-order chi connectivity index (χ0) is 18.8. The Bertz CT molecular complexity index is 1010. The molecule has 3 N–H and O–H groups in total. The first kappa shape index (κ1) is 16.8. The molecule has 26 heavy (non-hydrogen) atoms. The molecule has 0 aliphatic carbocycles. The predicted octanol–water partition coefficient (Wildman–Crippen LogP) is 1.85. The second-order valence-electron chi connectivity index (χ2n) is 6.56. The maximum atomic E-state index is 14.5. The Morgan fingerprint density at radius 1 is 1.46 bits per heavy atom. The molecule has 2 aliphatic rings. The smallest absolute Gasteiger partial charge is 0.341 e. The lowest BCUT2D eigenvalue weighted by molar-refractivity contribution is 0.0261. The van der Waals surface area contributed by atoms with Gasteiger partial charge in [0.15, 0.2) is 11.6 Å². The standard InChI is InChI=1S/C17H16F2N2O5/c1-2-8-17(3-4-25-6-17)21-5-7(16(23)24)14(22)9-12(20)10(18)11(19)15(26-8)13(9)21/h5,8H,2-4,6,20H2,1H3,(H,23,24). The Hall–Kier alpha value is -2.68. The third-order valence-corrected chi connectivity index (χ3v) is 5.29. The summed E-state index contributed by atoms with van der Waals surface area (Å²) in [7, 11) is 0. The molecule has 0 radical (unpaired) electrons. The summed E-state index contributed by atoms with van der Waals surface area (Å²) in [6, 6.07) is 0. The number of hydrogen-bond acceptors (Lipinski definition) is 5. The number of ether oxygens (including phenoxy) is 2. The summed E-state index contributed by atoms with van der Waals surface area (Å²) in [5, 5.41) is 9.03. The molecule has 3 heterocycles. The average molecular weight is 366 g/mol. The summed E-state index contributed by atoms with van der Waals surface area (Å²) in [5.74, 6) is -4.62. The molecule has 7 nitrogen and oxygen atoms in total. The van der Waals surface area contributed by atoms with Crippen molar-refractivity contribution in [2.75, 3.05) is 18.9 Å². The van der Waals surface area contributed by atoms with Crippen molar-refractivity contribution >= 4 is 22.6 Å². The van der Waals surface area contributed by atoms with Crippen LogP contribution in [0.15, 0.2) is 11.0 Å². The molecule has 0 amide bonds. The fourth-order valence-corrected chi connectivity index (χ4v) is 4.01. The van der Waals surface area contributed by atoms with Crippen molar-refractivity contribution in [2.45, 2.75) is 31.4 Å². The molecule has 1 aromatic carbocycles. The Balaban J connectivity index is 2.24. The second-order valence-corrected chi connectivity index (χ2v) is 6.56. The summed E-state index contributed by atoms with van der Waals surface area (Å²) in [4.78, 5) is 24.2. The highest BCUT2D eigenvalue weighted by Gasteiger charge is 2.50. The monoisotopic (exact) mass is 366 g/mol. The quantitative estimate of drug-likeness (QED) is 0.786. The van der Waals surface area contributed by atoms with Gasteiger partial charge in [0.1, 0.15) is 22.7 Å². The number of pyridine rings is 1. The molecule has 4 rings (SSSR count). The Morgan fingerprint density at radius 2 is 2.19 bits per heavy atom. The van der Waals surface area contributed by atoms with E-state index >= 15 is 0 Å². The number of benzene rings is 1. The zero-order valence-corrected chi connectivity index (χ0v) is 13.8. The van der Waals surface area contributed by atoms with Gasteiger partial charge >= 0.3 is 5.97 Å². The van der Waals surface area contributed by atoms with Crippen LogP contribution in [-0.4, -0.2) is 35.0 Å². The van der Waals surface area contributed by atoms with E-state index in [4.69, 9.17) is 15.2 Å². The third kappa shape index (κ3) is 1.89. The first-order chi connectivity index (χ1) is 12.3. The van der Waals surface area contributed by atoms with Crippen LogP contribution in [0.5, 0.6) is 5.75 Å². The fourth-order valence-electron chi connectivity index (χ4n) is 4.01. The summed E-state index contributed by atoms with van der Waals surface area (Å²) in [5.41, 5.74) is 2.52. The summed E-state index contributed by atoms with van der Waals surface area (Å²) in [6.07, 6.45) is 1.50. The Morgan fingerprint density at radius 3 is 2.77 bits per heavy atom. The number of nitrogens with two attached hydrogens (primary N) is 1. The Labute approximate surface area is 145 Å². The van der Waals surface area contributed by atoms with Crippen LogP contribution in [0.3, 0.4) is 0 Å². The van der Waals surface area contributed by atoms with E-state index in [1.54, 1.807) is 0 Å². The molecule has 1 fully saturated rings. The van der Waals surface area contributed by atoms with Crippen LogP contribution < -0.4 is 15.9 Å². The predicted molar refractivity (Wildman–Crippen MR) is 87.6 cm³/mol. The summed E-state index contributed by atoms with van der Waals surface area (Å²) >= 11 is 0. The van der Waals surface area contributed by atoms with E-state index in [2.05, 4.69) is 0 Å². The zero-order valence-electron chi connectivity index (χ0n) is 13.8. The maximum Gasteiger partial charge on any atom is 0.341 e. The van der Waals surface area contributed by atoms with Crippen LogP contribution in [0.1, 0.15) is 30.1 Å². The first-order valence-electron chi connectivity index (χ1n) is 8.17. The molecule has 2 aliphatic heterocycles. The van der Waals surface area contributed by atoms with Crippen molar-refractivity contribution in [1.82, 2.24) is 4.57 Å². The van der Waals surface area contributed by atoms with Crippen molar-refractivity contribution in [3.63, 3.8) is 0 Å². The van der Waals surface area contributed by atoms with E-state index in [-0.39, 0.29) is 17.5 Å². The molecular weight excluding hydrogens is 350 g/mol. The average Bonchev–Trinajstić information content (AvgIpc) is 3.09. The number of hydrogen-bond donors (Lipinski definition) is 2. The fraction of sp³-hybridized carbons (Fsp3) is 0.412. The lowest BCUT2D eigenvalue weighted by Gasteiger charge is -2.43. The van der Waals surface area contributed by atoms with Gasteiger partial charge in [-0.3, -0.25) is 4.79 Å². The minimum absolute atomic E-state index is 0.0356. The number of halogens is 2. The van der Waals surface area contributed by atoms with E-state index < -0.39 is 51.7 Å². The highest BCUT2D eigenvalue weighted by atomic mass is 19.2. The van der Waals surface area contributed by atoms with Crippen LogP contribution in [0, 0.1) is 11.6 Å². The van der Waals surface area contributed by atoms with Gasteiger partial charge in [0, 0.05) is 19.2 Å². The van der Waals surface area contributed by atoms with Crippen molar-refractivity contribution in [3.8, 4) is 5.75 Å². The number of nitrogens with zero attached hydrogens (tertiary/aromatic N) is 1. The van der Waals surface area contributed by atoms with Gasteiger partial charge in [-0.25, -0.2) is 9.18 Å². The molecular formula is C17H16F2N2O5. The molecule has 1 aromatic heterocycles. The SMILES string of the molecule is CCC1Oc2c(F)c(F)c(N)c3c(=O)c(C(=O)O)cn(c23)C12CCOC2. The number of carboxylic acids is 1. The summed E-state index contributed by atoms with van der Waals surface area (Å²) in [6.45, 7) is 2.41. The van der Waals surface area contributed by atoms with Gasteiger partial charge < -0.3 is 24.9 Å². The van der Waals surface area contributed by atoms with E-state index in [0.717, 1.165) is 6.20 Å². The molecule has 1 spiro atoms. The lowest BCUT2D eigenvalue weighted by Crippen LogP contribution is -2.52. The van der Waals surface area contributed by atoms with E-state index in [0.29, 0.717) is 19.4 Å². The summed E-state index contributed by atoms with van der Waals surface area (Å²) < 4.78 is 41.6. The van der Waals surface area contributed by atoms with Crippen LogP contribution in [-0.2, 0) is 10.3 Å². The maximum absolute atomic E-state index is 14.5. The van der Waals surface area contributed by atoms with Crippen LogP contribution >= 0.6 is 0 Å². The minimum atomic E-state index is -1.47. The van der Waals surface area contributed by atoms with Gasteiger partial charge in [0.25, 0.3) is 0 Å². The highest BCUT2D eigenvalue weighted by Crippen LogP contribution is 2.46. The normalized spacial score (nSPS) is 24.2. The first-order valence-corrected chi connectivity index (χ1v) is 8.17. The van der Waals surface area contributed by atoms with E-state index in [9.17, 15) is 23.5 Å². The van der Waals surface area contributed by atoms with Gasteiger partial charge in [-0.1, -0.05) is 6.92 Å². The molecule has 9 heteroatoms. The second kappa shape index (κ2) is 5.41. The number of rotatable bonds is 2. The molecule has 138 valence electrons. The molecule has 0 bridgehead atoms. The van der Waals surface area contributed by atoms with Crippen molar-refractivity contribution in [3.05, 3.63) is 33.6 Å². The topological polar surface area (TPSA) is 104 Å². The molecule has 2 unspecified atom stereocenters. The largest absolute Gasteiger partial charge is 0.482 e. The van der Waals surface area contributed by atoms with E-state index in [1.807, 2.05) is 6.92 Å². The number of carboxylic acid groups (broad SMARTS) is 1. The number of nitrogen functional groups attached to an aromatic ring is 1. The van der Waals surface area contributed by atoms with Gasteiger partial charge in [0.05, 0.1) is 17.7 Å². The molecule has 2 atom stereocenters. The highest BCUT2D eigenvalue weighted by molar-refractivity contribution is 6.00. The number of aromatic carboxylic acids is 1. The molecule has 2 aromatic rings. The van der Waals surface area contributed by atoms with Crippen LogP contribution in [0.25, 0.3) is 10.9 Å². The van der Waals surface area contributed by atoms with Crippen LogP contribution in [0.4, 0.5) is 14.5 Å². The number of fused-ring (bicyclic) bond motifs is 1. The van der Waals surface area contributed by atoms with Crippen molar-refractivity contribution in [2.24, 2.45) is 0 Å². The molecule has 1 saturated heterocycles. The number of carbonyl (C=O) groups is 1. The number of anilines is 1. The van der Waals surface area contributed by atoms with Crippen molar-refractivity contribution < 1.29 is 28.2 Å². The van der Waals surface area contributed by atoms with E-state index in [1.165, 1.54) is 4.57 Å². The van der Waals surface area contributed by atoms with Gasteiger partial charge in [0.2, 0.25) is 11.2 Å². The van der Waals surface area contributed by atoms with Gasteiger partial charge in [-0.2, -0.15) is 4.39 Å². The van der Waals surface area contributed by atoms with Gasteiger partial charge in [-0.05, 0) is 6.42 Å². The molecule has 0 saturated carbocycles. The van der Waals surface area contributed by atoms with Crippen molar-refractivity contribution in [1.29, 1.82) is 0 Å². The minimum Gasteiger partial charge on any atom is -0.482 e. The van der Waals surface area contributed by atoms with Gasteiger partial charge in [-0.15, -0.1) is 0 Å². The lowest BCUT2D eigenvalue weighted by atomic mass is 9.86. The third-order valence-electron chi connectivity index (χ3n) is 5.29. The van der Waals surface area contributed by atoms with Crippen LogP contribution in [0.2, 0.25) is 0 Å². The Kier molecular flexibility index (Phi) is 3.49.